The van der Waals surface area contributed by atoms with Crippen molar-refractivity contribution in [3.8, 4) is 6.07 Å². The molecule has 0 amide bonds. The highest BCUT2D eigenvalue weighted by molar-refractivity contribution is 6.44. The summed E-state index contributed by atoms with van der Waals surface area (Å²) in [5.74, 6) is 0.0532. The lowest BCUT2D eigenvalue weighted by atomic mass is 9.69. The molecule has 2 N–H and O–H groups in total. The molecule has 1 aliphatic heterocycles. The molecule has 0 spiro atoms. The molecule has 1 atom stereocenters. The lowest BCUT2D eigenvalue weighted by Crippen LogP contribution is -2.34. The summed E-state index contributed by atoms with van der Waals surface area (Å²) >= 11 is 12.5. The minimum absolute atomic E-state index is 0.00859. The van der Waals surface area contributed by atoms with Gasteiger partial charge in [-0.1, -0.05) is 19.9 Å². The highest BCUT2D eigenvalue weighted by Gasteiger charge is 2.44. The molecule has 0 saturated heterocycles. The van der Waals surface area contributed by atoms with E-state index in [0.29, 0.717) is 24.2 Å². The van der Waals surface area contributed by atoms with Crippen LogP contribution in [0.4, 0.5) is 0 Å². The smallest absolute Gasteiger partial charge is 0.205 e. The summed E-state index contributed by atoms with van der Waals surface area (Å²) < 4.78 is 5.77. The highest BCUT2D eigenvalue weighted by atomic mass is 35.5. The Morgan fingerprint density at radius 3 is 2.46 bits per heavy atom. The second-order valence-corrected chi connectivity index (χ2v) is 9.56. The number of ether oxygens (including phenoxy) is 1. The lowest BCUT2D eigenvalue weighted by molar-refractivity contribution is -0.119. The summed E-state index contributed by atoms with van der Waals surface area (Å²) in [6.07, 6.45) is 0.989. The third-order valence-electron chi connectivity index (χ3n) is 5.67. The van der Waals surface area contributed by atoms with Crippen molar-refractivity contribution >= 4 is 29.0 Å². The molecule has 1 aromatic carbocycles. The Balaban J connectivity index is 2.34. The van der Waals surface area contributed by atoms with Crippen LogP contribution in [-0.2, 0) is 9.53 Å². The topological polar surface area (TPSA) is 76.1 Å². The van der Waals surface area contributed by atoms with Gasteiger partial charge < -0.3 is 10.5 Å². The van der Waals surface area contributed by atoms with Crippen LogP contribution < -0.4 is 5.73 Å². The first-order valence-corrected chi connectivity index (χ1v) is 10.1. The minimum atomic E-state index is -0.708. The number of halogens is 2. The van der Waals surface area contributed by atoms with Crippen molar-refractivity contribution in [1.29, 1.82) is 5.26 Å². The van der Waals surface area contributed by atoms with Gasteiger partial charge in [0.1, 0.15) is 22.2 Å². The first-order valence-electron chi connectivity index (χ1n) is 9.21. The number of hydrogen-bond donors (Lipinski definition) is 1. The molecular formula is C22H24Cl2N2O2. The van der Waals surface area contributed by atoms with Gasteiger partial charge in [0.2, 0.25) is 5.88 Å². The predicted octanol–water partition coefficient (Wildman–Crippen LogP) is 5.54. The molecule has 2 aliphatic rings. The number of carbonyl (C=O) groups excluding carboxylic acids is 1. The maximum absolute atomic E-state index is 13.1. The van der Waals surface area contributed by atoms with Crippen molar-refractivity contribution < 1.29 is 9.53 Å². The highest BCUT2D eigenvalue weighted by Crippen LogP contribution is 2.50. The lowest BCUT2D eigenvalue weighted by Gasteiger charge is -2.38. The molecule has 0 fully saturated rings. The number of hydrogen-bond acceptors (Lipinski definition) is 4. The molecule has 1 aromatic rings. The zero-order chi connectivity index (χ0) is 21.0. The summed E-state index contributed by atoms with van der Waals surface area (Å²) in [6.45, 7) is 9.90. The maximum atomic E-state index is 13.1. The van der Waals surface area contributed by atoms with Crippen LogP contribution in [0.3, 0.4) is 0 Å². The normalized spacial score (nSPS) is 21.5. The molecule has 148 valence electrons. The third-order valence-corrected chi connectivity index (χ3v) is 6.11. The van der Waals surface area contributed by atoms with Crippen LogP contribution in [-0.4, -0.2) is 5.78 Å². The first-order chi connectivity index (χ1) is 13.0. The zero-order valence-corrected chi connectivity index (χ0v) is 18.3. The van der Waals surface area contributed by atoms with Crippen LogP contribution in [0, 0.1) is 37.5 Å². The molecule has 3 rings (SSSR count). The fourth-order valence-electron chi connectivity index (χ4n) is 4.57. The Morgan fingerprint density at radius 1 is 1.25 bits per heavy atom. The van der Waals surface area contributed by atoms with E-state index in [9.17, 15) is 10.1 Å². The molecule has 0 bridgehead atoms. The minimum Gasteiger partial charge on any atom is -0.444 e. The van der Waals surface area contributed by atoms with Gasteiger partial charge in [0.25, 0.3) is 0 Å². The Kier molecular flexibility index (Phi) is 5.29. The van der Waals surface area contributed by atoms with Gasteiger partial charge in [-0.2, -0.15) is 5.26 Å². The second kappa shape index (κ2) is 7.13. The molecule has 0 radical (unpaired) electrons. The predicted molar refractivity (Wildman–Crippen MR) is 111 cm³/mol. The van der Waals surface area contributed by atoms with Crippen LogP contribution in [0.15, 0.2) is 28.9 Å². The summed E-state index contributed by atoms with van der Waals surface area (Å²) in [5.41, 5.74) is 11.2. The number of nitrogens with zero attached hydrogens (tertiary/aromatic N) is 1. The van der Waals surface area contributed by atoms with E-state index < -0.39 is 10.8 Å². The van der Waals surface area contributed by atoms with Crippen LogP contribution in [0.1, 0.15) is 65.3 Å². The molecule has 28 heavy (non-hydrogen) atoms. The number of benzene rings is 1. The number of aryl methyl sites for hydroxylation is 2. The summed E-state index contributed by atoms with van der Waals surface area (Å²) in [6, 6.07) is 4.17. The van der Waals surface area contributed by atoms with Crippen LogP contribution in [0.2, 0.25) is 0 Å². The van der Waals surface area contributed by atoms with Gasteiger partial charge >= 0.3 is 0 Å². The molecule has 0 aromatic heterocycles. The number of rotatable bonds is 2. The van der Waals surface area contributed by atoms with Crippen molar-refractivity contribution in [1.82, 2.24) is 0 Å². The van der Waals surface area contributed by atoms with Gasteiger partial charge in [-0.15, -0.1) is 23.2 Å². The van der Waals surface area contributed by atoms with Crippen LogP contribution >= 0.6 is 23.2 Å². The number of nitrogens with two attached hydrogens (primary N) is 1. The Hall–Kier alpha value is -1.96. The van der Waals surface area contributed by atoms with Gasteiger partial charge in [0, 0.05) is 18.4 Å². The Bertz CT molecular complexity index is 981. The monoisotopic (exact) mass is 418 g/mol. The molecular weight excluding hydrogens is 395 g/mol. The number of carbonyl (C=O) groups is 1. The number of nitriles is 1. The summed E-state index contributed by atoms with van der Waals surface area (Å²) in [5, 5.41) is 9.83. The summed E-state index contributed by atoms with van der Waals surface area (Å²) in [7, 11) is 0. The fraction of sp³-hybridized carbons (Fsp3) is 0.455. The Morgan fingerprint density at radius 2 is 1.89 bits per heavy atom. The second-order valence-electron chi connectivity index (χ2n) is 8.47. The van der Waals surface area contributed by atoms with Crippen LogP contribution in [0.25, 0.3) is 0 Å². The van der Waals surface area contributed by atoms with Crippen molar-refractivity contribution in [2.45, 2.75) is 58.2 Å². The van der Waals surface area contributed by atoms with E-state index in [-0.39, 0.29) is 22.7 Å². The van der Waals surface area contributed by atoms with Crippen molar-refractivity contribution in [2.24, 2.45) is 11.1 Å². The third kappa shape index (κ3) is 3.32. The van der Waals surface area contributed by atoms with E-state index in [1.54, 1.807) is 0 Å². The molecule has 1 heterocycles. The number of ketones is 1. The van der Waals surface area contributed by atoms with Crippen LogP contribution in [0.5, 0.6) is 0 Å². The maximum Gasteiger partial charge on any atom is 0.205 e. The number of alkyl halides is 2. The van der Waals surface area contributed by atoms with Gasteiger partial charge in [-0.25, -0.2) is 0 Å². The fourth-order valence-corrected chi connectivity index (χ4v) is 5.24. The van der Waals surface area contributed by atoms with E-state index >= 15 is 0 Å². The average Bonchev–Trinajstić information content (AvgIpc) is 2.51. The standard InChI is InChI=1S/C22H24Cl2N2O2/c1-10-6-11(2)17(20(23)24)12(3)16(10)18-13(9-25)21(26)28-15-8-22(4,5)7-14(27)19(15)18/h6,18,20H,7-8,26H2,1-5H3. The zero-order valence-electron chi connectivity index (χ0n) is 16.7. The summed E-state index contributed by atoms with van der Waals surface area (Å²) in [4.78, 5) is 12.4. The average molecular weight is 419 g/mol. The molecule has 6 heteroatoms. The number of allylic oxidation sites excluding steroid dienone is 3. The van der Waals surface area contributed by atoms with Gasteiger partial charge in [0.05, 0.1) is 5.92 Å². The largest absolute Gasteiger partial charge is 0.444 e. The first kappa shape index (κ1) is 20.8. The SMILES string of the molecule is Cc1cc(C)c(C2C(C#N)=C(N)OC3=C2C(=O)CC(C)(C)C3)c(C)c1C(Cl)Cl. The number of Topliss-reactive ketones (excluding diaryl/α,β-unsaturated/α-hetero) is 1. The van der Waals surface area contributed by atoms with E-state index in [1.807, 2.05) is 40.7 Å². The molecule has 1 aliphatic carbocycles. The molecule has 0 saturated carbocycles. The molecule has 1 unspecified atom stereocenters. The van der Waals surface area contributed by atoms with E-state index in [2.05, 4.69) is 6.07 Å². The van der Waals surface area contributed by atoms with Gasteiger partial charge in [-0.05, 0) is 54.0 Å². The quantitative estimate of drug-likeness (QED) is 0.639. The molecule has 4 nitrogen and oxygen atoms in total. The Labute approximate surface area is 175 Å². The van der Waals surface area contributed by atoms with Gasteiger partial charge in [0.15, 0.2) is 5.78 Å². The van der Waals surface area contributed by atoms with Gasteiger partial charge in [-0.3, -0.25) is 4.79 Å². The van der Waals surface area contributed by atoms with Crippen molar-refractivity contribution in [3.63, 3.8) is 0 Å². The van der Waals surface area contributed by atoms with E-state index in [1.165, 1.54) is 0 Å². The van der Waals surface area contributed by atoms with Crippen molar-refractivity contribution in [2.75, 3.05) is 0 Å². The van der Waals surface area contributed by atoms with E-state index in [4.69, 9.17) is 33.7 Å². The van der Waals surface area contributed by atoms with Crippen molar-refractivity contribution in [3.05, 3.63) is 56.7 Å². The van der Waals surface area contributed by atoms with E-state index in [0.717, 1.165) is 27.8 Å².